The number of hydrogen-bond donors (Lipinski definition) is 5. The van der Waals surface area contributed by atoms with Crippen LogP contribution >= 0.6 is 0 Å². The number of nitrogens with two attached hydrogens (primary N) is 1. The number of carbonyl (C=O) groups excluding carboxylic acids is 2. The maximum atomic E-state index is 15.0. The van der Waals surface area contributed by atoms with Crippen molar-refractivity contribution in [2.75, 3.05) is 58.9 Å². The molecule has 1 aliphatic carbocycles. The number of ether oxygens (including phenoxy) is 2. The van der Waals surface area contributed by atoms with Crippen LogP contribution in [0.4, 0.5) is 5.69 Å². The number of fused-ring (bicyclic) bond motifs is 6. The number of hydrogen-bond acceptors (Lipinski definition) is 10. The summed E-state index contributed by atoms with van der Waals surface area (Å²) in [5.41, 5.74) is 5.65. The first kappa shape index (κ1) is 34.8. The molecule has 6 N–H and O–H groups in total. The third-order valence-electron chi connectivity index (χ3n) is 14.5. The van der Waals surface area contributed by atoms with Gasteiger partial charge in [-0.3, -0.25) is 14.5 Å². The minimum absolute atomic E-state index is 0.0512. The van der Waals surface area contributed by atoms with Crippen LogP contribution in [-0.4, -0.2) is 126 Å². The minimum Gasteiger partial charge on any atom is -0.496 e. The molecule has 10 atom stereocenters. The Bertz CT molecular complexity index is 2050. The number of aromatic amines is 1. The first-order chi connectivity index (χ1) is 25.4. The number of H-pyrrole nitrogens is 1. The van der Waals surface area contributed by atoms with E-state index in [1.54, 1.807) is 7.11 Å². The normalized spacial score (nSPS) is 38.6. The van der Waals surface area contributed by atoms with Crippen LogP contribution < -0.4 is 15.4 Å². The summed E-state index contributed by atoms with van der Waals surface area (Å²) in [5, 5.41) is 37.1. The molecule has 1 amide bonds. The van der Waals surface area contributed by atoms with E-state index in [2.05, 4.69) is 26.9 Å². The van der Waals surface area contributed by atoms with E-state index in [1.807, 2.05) is 55.3 Å². The number of anilines is 1. The molecular weight excluding hydrogens is 674 g/mol. The SMILES string of the molecule is CC[C@]12C=CCN3CC[C@@]4(c5cc([C@@]6(C(=O)OC)C[C@H]7C[C@H](O)CN(CCc8c6[nH]c6ccccc86)C7)c(OC)cc5N(C)[C@H]4[C@@](O)(C(N)=O)[C@@H]1O)[C@@H]32. The number of piperidine rings is 1. The number of aliphatic hydroxyl groups excluding tert-OH is 2. The number of primary amides is 1. The number of para-hydroxylation sites is 1. The number of esters is 1. The summed E-state index contributed by atoms with van der Waals surface area (Å²) in [4.78, 5) is 39.0. The Morgan fingerprint density at radius 1 is 1.08 bits per heavy atom. The van der Waals surface area contributed by atoms with Gasteiger partial charge in [-0.05, 0) is 67.8 Å². The van der Waals surface area contributed by atoms with E-state index >= 15 is 4.79 Å². The van der Waals surface area contributed by atoms with E-state index in [1.165, 1.54) is 7.11 Å². The van der Waals surface area contributed by atoms with Crippen LogP contribution in [0.3, 0.4) is 0 Å². The summed E-state index contributed by atoms with van der Waals surface area (Å²) in [5.74, 6) is -0.974. The van der Waals surface area contributed by atoms with Gasteiger partial charge in [0.25, 0.3) is 5.91 Å². The maximum absolute atomic E-state index is 15.0. The monoisotopic (exact) mass is 725 g/mol. The molecule has 5 aliphatic heterocycles. The Balaban J connectivity index is 1.37. The van der Waals surface area contributed by atoms with Crippen LogP contribution in [0.5, 0.6) is 5.75 Å². The average molecular weight is 726 g/mol. The molecule has 3 aromatic rings. The van der Waals surface area contributed by atoms with Gasteiger partial charge in [-0.1, -0.05) is 37.3 Å². The van der Waals surface area contributed by atoms with E-state index in [9.17, 15) is 20.1 Å². The van der Waals surface area contributed by atoms with Crippen molar-refractivity contribution < 1.29 is 34.4 Å². The maximum Gasteiger partial charge on any atom is 0.322 e. The van der Waals surface area contributed by atoms with Gasteiger partial charge in [0.15, 0.2) is 5.60 Å². The van der Waals surface area contributed by atoms with Gasteiger partial charge in [-0.2, -0.15) is 0 Å². The van der Waals surface area contributed by atoms with Crippen LogP contribution in [0.2, 0.25) is 0 Å². The predicted molar refractivity (Wildman–Crippen MR) is 199 cm³/mol. The van der Waals surface area contributed by atoms with Crippen molar-refractivity contribution in [2.24, 2.45) is 17.1 Å². The van der Waals surface area contributed by atoms with Gasteiger partial charge >= 0.3 is 5.97 Å². The minimum atomic E-state index is -2.30. The molecule has 2 bridgehead atoms. The molecule has 0 radical (unpaired) electrons. The Morgan fingerprint density at radius 2 is 1.87 bits per heavy atom. The van der Waals surface area contributed by atoms with Crippen molar-refractivity contribution in [1.82, 2.24) is 14.8 Å². The molecular formula is C41H51N5O7. The third kappa shape index (κ3) is 4.24. The highest BCUT2D eigenvalue weighted by Gasteiger charge is 2.78. The number of aliphatic hydroxyl groups is 3. The molecule has 1 saturated carbocycles. The largest absolute Gasteiger partial charge is 0.496 e. The highest BCUT2D eigenvalue weighted by atomic mass is 16.5. The zero-order valence-electron chi connectivity index (χ0n) is 31.0. The highest BCUT2D eigenvalue weighted by Crippen LogP contribution is 2.67. The van der Waals surface area contributed by atoms with Crippen molar-refractivity contribution in [3.05, 3.63) is 70.9 Å². The van der Waals surface area contributed by atoms with E-state index in [4.69, 9.17) is 15.2 Å². The van der Waals surface area contributed by atoms with Crippen molar-refractivity contribution in [3.63, 3.8) is 0 Å². The van der Waals surface area contributed by atoms with Crippen molar-refractivity contribution in [2.45, 2.75) is 79.8 Å². The van der Waals surface area contributed by atoms with Gasteiger partial charge in [0.2, 0.25) is 0 Å². The zero-order valence-corrected chi connectivity index (χ0v) is 31.0. The summed E-state index contributed by atoms with van der Waals surface area (Å²) in [6.07, 6.45) is 4.68. The predicted octanol–water partition coefficient (Wildman–Crippen LogP) is 1.95. The number of rotatable bonds is 5. The van der Waals surface area contributed by atoms with E-state index in [0.717, 1.165) is 46.5 Å². The first-order valence-electron chi connectivity index (χ1n) is 19.1. The second-order valence-electron chi connectivity index (χ2n) is 16.6. The molecule has 12 nitrogen and oxygen atoms in total. The fraction of sp³-hybridized carbons (Fsp3) is 0.561. The molecule has 282 valence electrons. The van der Waals surface area contributed by atoms with Crippen LogP contribution in [0, 0.1) is 11.3 Å². The summed E-state index contributed by atoms with van der Waals surface area (Å²) in [6.45, 7) is 5.40. The van der Waals surface area contributed by atoms with Crippen LogP contribution in [0.25, 0.3) is 10.9 Å². The van der Waals surface area contributed by atoms with Gasteiger partial charge in [-0.15, -0.1) is 0 Å². The molecule has 53 heavy (non-hydrogen) atoms. The average Bonchev–Trinajstić information content (AvgIpc) is 3.81. The number of likely N-dealkylation sites (N-methyl/N-ethyl adjacent to an activating group) is 1. The van der Waals surface area contributed by atoms with Crippen LogP contribution in [0.15, 0.2) is 48.6 Å². The van der Waals surface area contributed by atoms with Gasteiger partial charge in [0.1, 0.15) is 17.3 Å². The van der Waals surface area contributed by atoms with Gasteiger partial charge in [0.05, 0.1) is 26.4 Å². The Morgan fingerprint density at radius 3 is 2.60 bits per heavy atom. The number of methoxy groups -OCH3 is 2. The lowest BCUT2D eigenvalue weighted by Crippen LogP contribution is -2.81. The van der Waals surface area contributed by atoms with Gasteiger partial charge < -0.3 is 45.3 Å². The summed E-state index contributed by atoms with van der Waals surface area (Å²) < 4.78 is 12.1. The fourth-order valence-electron chi connectivity index (χ4n) is 12.6. The van der Waals surface area contributed by atoms with Gasteiger partial charge in [-0.25, -0.2) is 0 Å². The standard InChI is InChI=1S/C41H51N5O7/c1-5-38-12-8-14-46-16-13-39(33(38)46)27-18-28(31(52-3)19-30(27)44(2)34(39)41(51,35(38)48)36(42)49)40(37(50)53-4)20-23-17-24(47)22-45(21-23)15-11-26-25-9-6-7-10-29(25)43-32(26)40/h6-10,12,18-19,23-24,33-35,43,47-48,51H,5,11,13-17,20-22H2,1-4H3,(H2,42,49)/t23-,24+,33+,34-,35-,38-,39-,40+,41+/m1/s1. The van der Waals surface area contributed by atoms with E-state index in [-0.39, 0.29) is 12.0 Å². The summed E-state index contributed by atoms with van der Waals surface area (Å²) in [6, 6.07) is 11.0. The van der Waals surface area contributed by atoms with Crippen LogP contribution in [-0.2, 0) is 31.6 Å². The smallest absolute Gasteiger partial charge is 0.322 e. The van der Waals surface area contributed by atoms with Crippen molar-refractivity contribution >= 4 is 28.5 Å². The second-order valence-corrected chi connectivity index (χ2v) is 16.6. The van der Waals surface area contributed by atoms with Crippen LogP contribution in [0.1, 0.15) is 55.0 Å². The number of amides is 1. The molecule has 6 heterocycles. The van der Waals surface area contributed by atoms with E-state index in [0.29, 0.717) is 63.1 Å². The lowest BCUT2D eigenvalue weighted by atomic mass is 9.47. The third-order valence-corrected chi connectivity index (χ3v) is 14.5. The molecule has 9 rings (SSSR count). The molecule has 3 fully saturated rings. The molecule has 2 aromatic carbocycles. The molecule has 6 aliphatic rings. The quantitative estimate of drug-likeness (QED) is 0.194. The summed E-state index contributed by atoms with van der Waals surface area (Å²) in [7, 11) is 4.87. The Labute approximate surface area is 309 Å². The van der Waals surface area contributed by atoms with Crippen molar-refractivity contribution in [1.29, 1.82) is 0 Å². The number of benzene rings is 2. The lowest BCUT2D eigenvalue weighted by molar-refractivity contribution is -0.201. The molecule has 2 saturated heterocycles. The van der Waals surface area contributed by atoms with Crippen molar-refractivity contribution in [3.8, 4) is 5.75 Å². The topological polar surface area (TPSA) is 165 Å². The Hall–Kier alpha value is -3.94. The Kier molecular flexibility index (Phi) is 7.73. The first-order valence-corrected chi connectivity index (χ1v) is 19.1. The fourth-order valence-corrected chi connectivity index (χ4v) is 12.6. The number of nitrogens with one attached hydrogen (secondary N) is 1. The summed E-state index contributed by atoms with van der Waals surface area (Å²) >= 11 is 0. The molecule has 1 aromatic heterocycles. The molecule has 1 spiro atoms. The number of aromatic nitrogens is 1. The van der Waals surface area contributed by atoms with E-state index < -0.39 is 52.0 Å². The highest BCUT2D eigenvalue weighted by molar-refractivity contribution is 5.95. The second kappa shape index (κ2) is 11.8. The molecule has 12 heteroatoms. The van der Waals surface area contributed by atoms with Gasteiger partial charge in [0, 0.05) is 84.0 Å². The number of carbonyl (C=O) groups is 2. The molecule has 1 unspecified atom stereocenters. The zero-order chi connectivity index (χ0) is 37.2. The lowest BCUT2D eigenvalue weighted by Gasteiger charge is -2.63. The number of nitrogens with zero attached hydrogens (tertiary/aromatic N) is 3.